The van der Waals surface area contributed by atoms with Crippen LogP contribution >= 0.6 is 23.2 Å². The molecule has 2 aromatic carbocycles. The average molecular weight is 416 g/mol. The van der Waals surface area contributed by atoms with E-state index in [-0.39, 0.29) is 18.0 Å². The quantitative estimate of drug-likeness (QED) is 0.680. The molecule has 0 spiro atoms. The number of carbonyl (C=O) groups excluding carboxylic acids is 1. The van der Waals surface area contributed by atoms with Gasteiger partial charge in [-0.15, -0.1) is 0 Å². The van der Waals surface area contributed by atoms with Crippen molar-refractivity contribution in [1.82, 2.24) is 14.9 Å². The van der Waals surface area contributed by atoms with Crippen LogP contribution in [-0.4, -0.2) is 15.5 Å². The van der Waals surface area contributed by atoms with Crippen LogP contribution in [0, 0.1) is 13.8 Å². The van der Waals surface area contributed by atoms with Gasteiger partial charge in [0.25, 0.3) is 5.56 Å². The zero-order chi connectivity index (χ0) is 20.3. The summed E-state index contributed by atoms with van der Waals surface area (Å²) in [7, 11) is 0. The Bertz CT molecular complexity index is 1080. The lowest BCUT2D eigenvalue weighted by atomic mass is 10.1. The number of carbonyl (C=O) groups is 1. The van der Waals surface area contributed by atoms with Crippen LogP contribution in [0.25, 0.3) is 11.4 Å². The molecule has 1 heterocycles. The molecule has 0 saturated carbocycles. The van der Waals surface area contributed by atoms with Crippen molar-refractivity contribution in [3.05, 3.63) is 85.8 Å². The fourth-order valence-corrected chi connectivity index (χ4v) is 3.07. The lowest BCUT2D eigenvalue weighted by Crippen LogP contribution is -2.34. The Hall–Kier alpha value is -2.63. The third-order valence-corrected chi connectivity index (χ3v) is 4.91. The highest BCUT2D eigenvalue weighted by atomic mass is 35.5. The van der Waals surface area contributed by atoms with E-state index in [0.717, 1.165) is 5.56 Å². The largest absolute Gasteiger partial charge is 0.350 e. The molecule has 1 aromatic heterocycles. The number of nitrogens with one attached hydrogen (secondary N) is 1. The maximum absolute atomic E-state index is 12.8. The monoisotopic (exact) mass is 415 g/mol. The summed E-state index contributed by atoms with van der Waals surface area (Å²) in [6, 6.07) is 14.3. The Kier molecular flexibility index (Phi) is 6.17. The third-order valence-electron chi connectivity index (χ3n) is 4.43. The smallest absolute Gasteiger partial charge is 0.257 e. The van der Waals surface area contributed by atoms with E-state index in [9.17, 15) is 9.59 Å². The number of aromatic nitrogens is 2. The fraction of sp³-hybridized carbons (Fsp3) is 0.190. The van der Waals surface area contributed by atoms with Gasteiger partial charge in [-0.1, -0.05) is 47.5 Å². The van der Waals surface area contributed by atoms with Crippen LogP contribution in [0.2, 0.25) is 10.0 Å². The van der Waals surface area contributed by atoms with Gasteiger partial charge in [-0.05, 0) is 43.7 Å². The maximum atomic E-state index is 12.8. The first kappa shape index (κ1) is 20.1. The van der Waals surface area contributed by atoms with Crippen LogP contribution in [0.5, 0.6) is 0 Å². The number of hydrogen-bond acceptors (Lipinski definition) is 3. The van der Waals surface area contributed by atoms with Crippen molar-refractivity contribution in [2.75, 3.05) is 0 Å². The third kappa shape index (κ3) is 4.61. The van der Waals surface area contributed by atoms with Crippen molar-refractivity contribution >= 4 is 29.1 Å². The highest BCUT2D eigenvalue weighted by molar-refractivity contribution is 6.31. The van der Waals surface area contributed by atoms with Crippen LogP contribution < -0.4 is 10.9 Å². The van der Waals surface area contributed by atoms with Crippen molar-refractivity contribution in [1.29, 1.82) is 0 Å². The molecular formula is C21H19Cl2N3O2. The van der Waals surface area contributed by atoms with Gasteiger partial charge in [-0.2, -0.15) is 0 Å². The van der Waals surface area contributed by atoms with E-state index in [0.29, 0.717) is 39.2 Å². The molecule has 0 saturated heterocycles. The first-order valence-corrected chi connectivity index (χ1v) is 9.46. The fourth-order valence-electron chi connectivity index (χ4n) is 2.75. The molecule has 5 nitrogen and oxygen atoms in total. The van der Waals surface area contributed by atoms with Gasteiger partial charge in [0.2, 0.25) is 5.91 Å². The zero-order valence-electron chi connectivity index (χ0n) is 15.5. The Labute approximate surface area is 172 Å². The molecule has 1 N–H and O–H groups in total. The second kappa shape index (κ2) is 8.59. The lowest BCUT2D eigenvalue weighted by molar-refractivity contribution is -0.121. The molecule has 0 bridgehead atoms. The van der Waals surface area contributed by atoms with Gasteiger partial charge in [-0.25, -0.2) is 4.98 Å². The van der Waals surface area contributed by atoms with Crippen molar-refractivity contribution in [2.24, 2.45) is 0 Å². The second-order valence-electron chi connectivity index (χ2n) is 6.45. The molecule has 0 atom stereocenters. The van der Waals surface area contributed by atoms with Gasteiger partial charge in [0.1, 0.15) is 12.4 Å². The Morgan fingerprint density at radius 1 is 1.07 bits per heavy atom. The first-order chi connectivity index (χ1) is 13.3. The number of amides is 1. The predicted molar refractivity (Wildman–Crippen MR) is 112 cm³/mol. The summed E-state index contributed by atoms with van der Waals surface area (Å²) in [6.07, 6.45) is 0. The van der Waals surface area contributed by atoms with Crippen LogP contribution in [0.1, 0.15) is 16.8 Å². The number of benzene rings is 2. The van der Waals surface area contributed by atoms with E-state index in [1.807, 2.05) is 18.2 Å². The van der Waals surface area contributed by atoms with E-state index >= 15 is 0 Å². The number of halogens is 2. The van der Waals surface area contributed by atoms with E-state index < -0.39 is 0 Å². The van der Waals surface area contributed by atoms with Gasteiger partial charge in [0.15, 0.2) is 0 Å². The first-order valence-electron chi connectivity index (χ1n) is 8.70. The minimum Gasteiger partial charge on any atom is -0.350 e. The number of aryl methyl sites for hydroxylation is 1. The molecule has 0 unspecified atom stereocenters. The van der Waals surface area contributed by atoms with Crippen molar-refractivity contribution in [2.45, 2.75) is 26.9 Å². The molecular weight excluding hydrogens is 397 g/mol. The number of nitrogens with zero attached hydrogens (tertiary/aromatic N) is 2. The van der Waals surface area contributed by atoms with E-state index in [1.165, 1.54) is 4.57 Å². The topological polar surface area (TPSA) is 64.0 Å². The van der Waals surface area contributed by atoms with E-state index in [4.69, 9.17) is 23.2 Å². The van der Waals surface area contributed by atoms with Gasteiger partial charge in [0.05, 0.1) is 0 Å². The Balaban J connectivity index is 1.88. The summed E-state index contributed by atoms with van der Waals surface area (Å²) in [4.78, 5) is 29.8. The maximum Gasteiger partial charge on any atom is 0.257 e. The summed E-state index contributed by atoms with van der Waals surface area (Å²) < 4.78 is 1.38. The Morgan fingerprint density at radius 2 is 1.79 bits per heavy atom. The SMILES string of the molecule is Cc1nc(-c2cccc(Cl)c2)n(CC(=O)NCc2ccc(Cl)cc2)c(=O)c1C. The zero-order valence-corrected chi connectivity index (χ0v) is 17.0. The van der Waals surface area contributed by atoms with Crippen molar-refractivity contribution in [3.63, 3.8) is 0 Å². The van der Waals surface area contributed by atoms with Gasteiger partial charge in [0, 0.05) is 33.4 Å². The molecule has 7 heteroatoms. The molecule has 0 aliphatic rings. The van der Waals surface area contributed by atoms with Crippen LogP contribution in [-0.2, 0) is 17.9 Å². The Morgan fingerprint density at radius 3 is 2.46 bits per heavy atom. The normalized spacial score (nSPS) is 10.7. The molecule has 0 aliphatic carbocycles. The van der Waals surface area contributed by atoms with Crippen molar-refractivity contribution in [3.8, 4) is 11.4 Å². The summed E-state index contributed by atoms with van der Waals surface area (Å²) in [5, 5.41) is 3.99. The van der Waals surface area contributed by atoms with Gasteiger partial charge >= 0.3 is 0 Å². The predicted octanol–water partition coefficient (Wildman–Crippen LogP) is 4.15. The molecule has 28 heavy (non-hydrogen) atoms. The minimum absolute atomic E-state index is 0.137. The molecule has 0 fully saturated rings. The van der Waals surface area contributed by atoms with E-state index in [1.54, 1.807) is 44.2 Å². The van der Waals surface area contributed by atoms with Gasteiger partial charge < -0.3 is 5.32 Å². The van der Waals surface area contributed by atoms with Crippen LogP contribution in [0.3, 0.4) is 0 Å². The lowest BCUT2D eigenvalue weighted by Gasteiger charge is -2.15. The standard InChI is InChI=1S/C21H19Cl2N3O2/c1-13-14(2)25-20(16-4-3-5-18(23)10-16)26(21(13)28)12-19(27)24-11-15-6-8-17(22)9-7-15/h3-10H,11-12H2,1-2H3,(H,24,27). The molecule has 0 radical (unpaired) electrons. The number of hydrogen-bond donors (Lipinski definition) is 1. The molecule has 0 aliphatic heterocycles. The summed E-state index contributed by atoms with van der Waals surface area (Å²) in [5.74, 6) is 0.127. The second-order valence-corrected chi connectivity index (χ2v) is 7.32. The molecule has 3 aromatic rings. The molecule has 3 rings (SSSR count). The molecule has 1 amide bonds. The van der Waals surface area contributed by atoms with Gasteiger partial charge in [-0.3, -0.25) is 14.2 Å². The summed E-state index contributed by atoms with van der Waals surface area (Å²) in [5.41, 5.74) is 2.48. The van der Waals surface area contributed by atoms with Crippen LogP contribution in [0.4, 0.5) is 0 Å². The number of rotatable bonds is 5. The summed E-state index contributed by atoms with van der Waals surface area (Å²) in [6.45, 7) is 3.68. The molecule has 144 valence electrons. The average Bonchev–Trinajstić information content (AvgIpc) is 2.68. The summed E-state index contributed by atoms with van der Waals surface area (Å²) >= 11 is 12.0. The van der Waals surface area contributed by atoms with E-state index in [2.05, 4.69) is 10.3 Å². The highest BCUT2D eigenvalue weighted by Gasteiger charge is 2.16. The highest BCUT2D eigenvalue weighted by Crippen LogP contribution is 2.21. The van der Waals surface area contributed by atoms with Crippen molar-refractivity contribution < 1.29 is 4.79 Å². The van der Waals surface area contributed by atoms with Crippen LogP contribution in [0.15, 0.2) is 53.3 Å². The minimum atomic E-state index is -0.287.